The van der Waals surface area contributed by atoms with Gasteiger partial charge in [-0.15, -0.1) is 0 Å². The highest BCUT2D eigenvalue weighted by atomic mass is 16.5. The van der Waals surface area contributed by atoms with Crippen LogP contribution in [-0.2, 0) is 6.54 Å². The summed E-state index contributed by atoms with van der Waals surface area (Å²) in [5, 5.41) is 13.6. The Labute approximate surface area is 125 Å². The zero-order chi connectivity index (χ0) is 15.2. The molecule has 0 aliphatic heterocycles. The number of aliphatic hydroxyl groups is 1. The van der Waals surface area contributed by atoms with Crippen LogP contribution in [0.1, 0.15) is 28.4 Å². The maximum Gasteiger partial charge on any atom is 0.124 e. The number of nitrogens with one attached hydrogen (secondary N) is 1. The average molecular weight is 286 g/mol. The molecule has 4 nitrogen and oxygen atoms in total. The molecule has 1 aromatic carbocycles. The molecule has 112 valence electrons. The average Bonchev–Trinajstić information content (AvgIpc) is 2.49. The van der Waals surface area contributed by atoms with Gasteiger partial charge in [0.25, 0.3) is 0 Å². The van der Waals surface area contributed by atoms with Gasteiger partial charge in [-0.2, -0.15) is 0 Å². The summed E-state index contributed by atoms with van der Waals surface area (Å²) < 4.78 is 5.31. The third-order valence-electron chi connectivity index (χ3n) is 3.54. The molecule has 0 fully saturated rings. The van der Waals surface area contributed by atoms with Gasteiger partial charge in [-0.05, 0) is 43.2 Å². The molecule has 21 heavy (non-hydrogen) atoms. The van der Waals surface area contributed by atoms with E-state index in [0.29, 0.717) is 18.8 Å². The molecule has 0 aliphatic rings. The predicted octanol–water partition coefficient (Wildman–Crippen LogP) is 2.53. The van der Waals surface area contributed by atoms with Gasteiger partial charge in [0.2, 0.25) is 0 Å². The number of aryl methyl sites for hydroxylation is 2. The minimum absolute atomic E-state index is 0.466. The fraction of sp³-hybridized carbons (Fsp3) is 0.353. The standard InChI is InChI=1S/C17H22N2O2/c1-12-4-5-17(21-3)15(8-12)16(20)11-19-10-14-9-18-7-6-13(14)2/h4-9,16,19-20H,10-11H2,1-3H3. The summed E-state index contributed by atoms with van der Waals surface area (Å²) in [4.78, 5) is 4.12. The van der Waals surface area contributed by atoms with Crippen LogP contribution in [-0.4, -0.2) is 23.7 Å². The molecule has 0 spiro atoms. The number of pyridine rings is 1. The van der Waals surface area contributed by atoms with E-state index in [1.807, 2.05) is 37.4 Å². The molecule has 2 aromatic rings. The van der Waals surface area contributed by atoms with Crippen LogP contribution < -0.4 is 10.1 Å². The van der Waals surface area contributed by atoms with Gasteiger partial charge in [-0.3, -0.25) is 4.98 Å². The zero-order valence-corrected chi connectivity index (χ0v) is 12.8. The Bertz CT molecular complexity index is 599. The smallest absolute Gasteiger partial charge is 0.124 e. The van der Waals surface area contributed by atoms with Gasteiger partial charge in [0.1, 0.15) is 5.75 Å². The number of aliphatic hydroxyl groups excluding tert-OH is 1. The molecule has 1 unspecified atom stereocenters. The topological polar surface area (TPSA) is 54.4 Å². The number of methoxy groups -OCH3 is 1. The molecule has 1 atom stereocenters. The number of hydrogen-bond acceptors (Lipinski definition) is 4. The Hall–Kier alpha value is -1.91. The molecule has 0 saturated heterocycles. The number of nitrogens with zero attached hydrogens (tertiary/aromatic N) is 1. The minimum Gasteiger partial charge on any atom is -0.496 e. The van der Waals surface area contributed by atoms with E-state index in [-0.39, 0.29) is 0 Å². The van der Waals surface area contributed by atoms with Crippen LogP contribution in [0.25, 0.3) is 0 Å². The van der Waals surface area contributed by atoms with Crippen LogP contribution in [0.2, 0.25) is 0 Å². The van der Waals surface area contributed by atoms with Crippen molar-refractivity contribution >= 4 is 0 Å². The molecule has 2 N–H and O–H groups in total. The molecule has 0 radical (unpaired) electrons. The van der Waals surface area contributed by atoms with E-state index < -0.39 is 6.10 Å². The second kappa shape index (κ2) is 7.20. The summed E-state index contributed by atoms with van der Waals surface area (Å²) in [5.74, 6) is 0.715. The van der Waals surface area contributed by atoms with Crippen LogP contribution >= 0.6 is 0 Å². The fourth-order valence-corrected chi connectivity index (χ4v) is 2.25. The van der Waals surface area contributed by atoms with Crippen LogP contribution in [0.3, 0.4) is 0 Å². The fourth-order valence-electron chi connectivity index (χ4n) is 2.25. The van der Waals surface area contributed by atoms with Crippen LogP contribution in [0.4, 0.5) is 0 Å². The molecule has 2 rings (SSSR count). The summed E-state index contributed by atoms with van der Waals surface area (Å²) >= 11 is 0. The Morgan fingerprint density at radius 2 is 2.10 bits per heavy atom. The van der Waals surface area contributed by atoms with E-state index in [0.717, 1.165) is 16.7 Å². The first-order valence-electron chi connectivity index (χ1n) is 7.04. The van der Waals surface area contributed by atoms with Crippen LogP contribution in [0.5, 0.6) is 5.75 Å². The van der Waals surface area contributed by atoms with Crippen molar-refractivity contribution < 1.29 is 9.84 Å². The van der Waals surface area contributed by atoms with Crippen molar-refractivity contribution in [3.8, 4) is 5.75 Å². The van der Waals surface area contributed by atoms with Gasteiger partial charge in [0, 0.05) is 31.0 Å². The first-order chi connectivity index (χ1) is 10.1. The second-order valence-corrected chi connectivity index (χ2v) is 5.19. The Balaban J connectivity index is 1.97. The molecular weight excluding hydrogens is 264 g/mol. The van der Waals surface area contributed by atoms with E-state index in [2.05, 4.69) is 17.2 Å². The van der Waals surface area contributed by atoms with Crippen molar-refractivity contribution in [3.63, 3.8) is 0 Å². The Morgan fingerprint density at radius 1 is 1.29 bits per heavy atom. The Kier molecular flexibility index (Phi) is 5.31. The van der Waals surface area contributed by atoms with Crippen molar-refractivity contribution in [1.29, 1.82) is 0 Å². The lowest BCUT2D eigenvalue weighted by molar-refractivity contribution is 0.170. The number of hydrogen-bond donors (Lipinski definition) is 2. The number of benzene rings is 1. The molecule has 0 bridgehead atoms. The Morgan fingerprint density at radius 3 is 2.81 bits per heavy atom. The third kappa shape index (κ3) is 4.03. The highest BCUT2D eigenvalue weighted by molar-refractivity contribution is 5.38. The number of rotatable bonds is 6. The molecule has 1 heterocycles. The highest BCUT2D eigenvalue weighted by Gasteiger charge is 2.13. The van der Waals surface area contributed by atoms with Crippen molar-refractivity contribution in [1.82, 2.24) is 10.3 Å². The van der Waals surface area contributed by atoms with E-state index in [9.17, 15) is 5.11 Å². The maximum atomic E-state index is 10.3. The summed E-state index contributed by atoms with van der Waals surface area (Å²) in [6, 6.07) is 7.80. The highest BCUT2D eigenvalue weighted by Crippen LogP contribution is 2.25. The molecule has 0 saturated carbocycles. The molecule has 4 heteroatoms. The van der Waals surface area contributed by atoms with Gasteiger partial charge in [0.05, 0.1) is 13.2 Å². The van der Waals surface area contributed by atoms with Gasteiger partial charge in [0.15, 0.2) is 0 Å². The molecule has 1 aromatic heterocycles. The third-order valence-corrected chi connectivity index (χ3v) is 3.54. The lowest BCUT2D eigenvalue weighted by atomic mass is 10.0. The van der Waals surface area contributed by atoms with E-state index in [1.165, 1.54) is 5.56 Å². The quantitative estimate of drug-likeness (QED) is 0.857. The minimum atomic E-state index is -0.600. The first kappa shape index (κ1) is 15.5. The zero-order valence-electron chi connectivity index (χ0n) is 12.8. The second-order valence-electron chi connectivity index (χ2n) is 5.19. The number of aromatic nitrogens is 1. The normalized spacial score (nSPS) is 12.2. The van der Waals surface area contributed by atoms with Crippen molar-refractivity contribution in [2.45, 2.75) is 26.5 Å². The van der Waals surface area contributed by atoms with Crippen LogP contribution in [0, 0.1) is 13.8 Å². The van der Waals surface area contributed by atoms with Gasteiger partial charge >= 0.3 is 0 Å². The lowest BCUT2D eigenvalue weighted by Gasteiger charge is -2.16. The van der Waals surface area contributed by atoms with Gasteiger partial charge in [-0.1, -0.05) is 11.6 Å². The molecule has 0 aliphatic carbocycles. The molecule has 0 amide bonds. The van der Waals surface area contributed by atoms with Crippen molar-refractivity contribution in [2.24, 2.45) is 0 Å². The van der Waals surface area contributed by atoms with Crippen molar-refractivity contribution in [2.75, 3.05) is 13.7 Å². The molecular formula is C17H22N2O2. The summed E-state index contributed by atoms with van der Waals surface area (Å²) in [6.45, 7) is 5.21. The largest absolute Gasteiger partial charge is 0.496 e. The monoisotopic (exact) mass is 286 g/mol. The maximum absolute atomic E-state index is 10.3. The SMILES string of the molecule is COc1ccc(C)cc1C(O)CNCc1cnccc1C. The first-order valence-corrected chi connectivity index (χ1v) is 7.04. The summed E-state index contributed by atoms with van der Waals surface area (Å²) in [6.07, 6.45) is 3.03. The summed E-state index contributed by atoms with van der Waals surface area (Å²) in [7, 11) is 1.62. The van der Waals surface area contributed by atoms with Crippen LogP contribution in [0.15, 0.2) is 36.7 Å². The van der Waals surface area contributed by atoms with Crippen molar-refractivity contribution in [3.05, 3.63) is 58.9 Å². The predicted molar refractivity (Wildman–Crippen MR) is 83.4 cm³/mol. The van der Waals surface area contributed by atoms with Gasteiger partial charge < -0.3 is 15.2 Å². The van der Waals surface area contributed by atoms with E-state index in [1.54, 1.807) is 13.3 Å². The van der Waals surface area contributed by atoms with Gasteiger partial charge in [-0.25, -0.2) is 0 Å². The lowest BCUT2D eigenvalue weighted by Crippen LogP contribution is -2.22. The summed E-state index contributed by atoms with van der Waals surface area (Å²) in [5.41, 5.74) is 4.25. The van der Waals surface area contributed by atoms with E-state index in [4.69, 9.17) is 4.74 Å². The number of ether oxygens (including phenoxy) is 1. The van der Waals surface area contributed by atoms with E-state index >= 15 is 0 Å².